The molecule has 0 radical (unpaired) electrons. The fourth-order valence-electron chi connectivity index (χ4n) is 1.54. The van der Waals surface area contributed by atoms with Crippen molar-refractivity contribution in [3.05, 3.63) is 23.3 Å². The number of alkyl halides is 3. The summed E-state index contributed by atoms with van der Waals surface area (Å²) in [6.45, 7) is -0.570. The molecule has 3 N–H and O–H groups in total. The fraction of sp³-hybridized carbons (Fsp3) is 0.455. The number of ether oxygens (including phenoxy) is 2. The van der Waals surface area contributed by atoms with Gasteiger partial charge in [-0.3, -0.25) is 0 Å². The monoisotopic (exact) mass is 265 g/mol. The molecule has 1 aromatic carbocycles. The first-order chi connectivity index (χ1) is 8.35. The van der Waals surface area contributed by atoms with Gasteiger partial charge >= 0.3 is 6.18 Å². The number of hydrogen-bond donors (Lipinski definition) is 2. The number of methoxy groups -OCH3 is 2. The maximum atomic E-state index is 12.6. The van der Waals surface area contributed by atoms with Crippen LogP contribution in [0.4, 0.5) is 13.2 Å². The van der Waals surface area contributed by atoms with E-state index in [9.17, 15) is 13.2 Å². The zero-order valence-electron chi connectivity index (χ0n) is 9.91. The highest BCUT2D eigenvalue weighted by molar-refractivity contribution is 5.48. The number of aliphatic hydroxyl groups is 1. The van der Waals surface area contributed by atoms with E-state index in [1.165, 1.54) is 20.3 Å². The van der Waals surface area contributed by atoms with Crippen LogP contribution in [0.25, 0.3) is 0 Å². The molecule has 0 amide bonds. The second kappa shape index (κ2) is 5.45. The molecule has 7 heteroatoms. The van der Waals surface area contributed by atoms with Gasteiger partial charge in [0.2, 0.25) is 0 Å². The first kappa shape index (κ1) is 14.6. The highest BCUT2D eigenvalue weighted by atomic mass is 19.4. The third-order valence-electron chi connectivity index (χ3n) is 2.50. The Balaban J connectivity index is 3.34. The first-order valence-electron chi connectivity index (χ1n) is 5.03. The van der Waals surface area contributed by atoms with Crippen molar-refractivity contribution < 1.29 is 27.8 Å². The van der Waals surface area contributed by atoms with Crippen LogP contribution in [0.3, 0.4) is 0 Å². The summed E-state index contributed by atoms with van der Waals surface area (Å²) < 4.78 is 47.6. The summed E-state index contributed by atoms with van der Waals surface area (Å²) in [6.07, 6.45) is -4.59. The predicted molar refractivity (Wildman–Crippen MR) is 58.5 cm³/mol. The van der Waals surface area contributed by atoms with Gasteiger partial charge in [-0.25, -0.2) is 0 Å². The molecule has 1 aromatic rings. The molecular formula is C11H14F3NO3. The van der Waals surface area contributed by atoms with Gasteiger partial charge < -0.3 is 20.3 Å². The van der Waals surface area contributed by atoms with Gasteiger partial charge in [0.25, 0.3) is 0 Å². The van der Waals surface area contributed by atoms with Gasteiger partial charge in [-0.15, -0.1) is 0 Å². The highest BCUT2D eigenvalue weighted by Gasteiger charge is 2.39. The molecule has 102 valence electrons. The molecule has 0 aliphatic rings. The Morgan fingerprint density at radius 1 is 1.22 bits per heavy atom. The topological polar surface area (TPSA) is 64.7 Å². The number of hydrogen-bond acceptors (Lipinski definition) is 4. The van der Waals surface area contributed by atoms with E-state index in [1.807, 2.05) is 0 Å². The van der Waals surface area contributed by atoms with Gasteiger partial charge in [0.05, 0.1) is 20.8 Å². The number of nitrogens with two attached hydrogens (primary N) is 1. The number of halogens is 3. The van der Waals surface area contributed by atoms with Gasteiger partial charge in [0.1, 0.15) is 6.04 Å². The van der Waals surface area contributed by atoms with Crippen molar-refractivity contribution in [2.45, 2.75) is 18.8 Å². The van der Waals surface area contributed by atoms with Crippen LogP contribution in [0.1, 0.15) is 17.2 Å². The maximum Gasteiger partial charge on any atom is 0.407 e. The Morgan fingerprint density at radius 3 is 2.11 bits per heavy atom. The van der Waals surface area contributed by atoms with Crippen molar-refractivity contribution in [2.24, 2.45) is 5.73 Å². The second-order valence-corrected chi connectivity index (χ2v) is 3.58. The van der Waals surface area contributed by atoms with Gasteiger partial charge in [0, 0.05) is 0 Å². The molecule has 0 aliphatic carbocycles. The molecule has 0 aromatic heterocycles. The molecule has 0 saturated heterocycles. The van der Waals surface area contributed by atoms with Crippen LogP contribution in [0.5, 0.6) is 11.5 Å². The predicted octanol–water partition coefficient (Wildman–Crippen LogP) is 1.76. The highest BCUT2D eigenvalue weighted by Crippen LogP contribution is 2.38. The molecule has 18 heavy (non-hydrogen) atoms. The fourth-order valence-corrected chi connectivity index (χ4v) is 1.54. The van der Waals surface area contributed by atoms with E-state index in [-0.39, 0.29) is 22.6 Å². The quantitative estimate of drug-likeness (QED) is 0.870. The van der Waals surface area contributed by atoms with Crippen molar-refractivity contribution in [3.63, 3.8) is 0 Å². The minimum Gasteiger partial charge on any atom is -0.493 e. The Bertz CT molecular complexity index is 421. The molecule has 0 unspecified atom stereocenters. The number of aliphatic hydroxyl groups excluding tert-OH is 1. The molecular weight excluding hydrogens is 251 g/mol. The lowest BCUT2D eigenvalue weighted by molar-refractivity contribution is -0.149. The molecule has 0 bridgehead atoms. The molecule has 1 rings (SSSR count). The summed E-state index contributed by atoms with van der Waals surface area (Å²) >= 11 is 0. The van der Waals surface area contributed by atoms with Crippen LogP contribution in [-0.2, 0) is 6.61 Å². The SMILES string of the molecule is COc1cc(CO)c([C@H](N)C(F)(F)F)cc1OC. The van der Waals surface area contributed by atoms with E-state index in [0.29, 0.717) is 0 Å². The lowest BCUT2D eigenvalue weighted by Gasteiger charge is -2.20. The van der Waals surface area contributed by atoms with Crippen molar-refractivity contribution in [1.29, 1.82) is 0 Å². The van der Waals surface area contributed by atoms with Gasteiger partial charge in [-0.05, 0) is 23.3 Å². The molecule has 0 heterocycles. The summed E-state index contributed by atoms with van der Waals surface area (Å²) in [5.74, 6) is 0.365. The molecule has 0 saturated carbocycles. The standard InChI is InChI=1S/C11H14F3NO3/c1-17-8-3-6(5-16)7(4-9(8)18-2)10(15)11(12,13)14/h3-4,10,16H,5,15H2,1-2H3/t10-/m0/s1. The Labute approximate surface area is 102 Å². The van der Waals surface area contributed by atoms with E-state index in [0.717, 1.165) is 6.07 Å². The summed E-state index contributed by atoms with van der Waals surface area (Å²) in [7, 11) is 2.65. The van der Waals surface area contributed by atoms with Crippen LogP contribution in [-0.4, -0.2) is 25.5 Å². The largest absolute Gasteiger partial charge is 0.493 e. The van der Waals surface area contributed by atoms with E-state index in [2.05, 4.69) is 0 Å². The van der Waals surface area contributed by atoms with Crippen molar-refractivity contribution in [2.75, 3.05) is 14.2 Å². The van der Waals surface area contributed by atoms with Gasteiger partial charge in [0.15, 0.2) is 11.5 Å². The van der Waals surface area contributed by atoms with Gasteiger partial charge in [-0.1, -0.05) is 0 Å². The summed E-state index contributed by atoms with van der Waals surface area (Å²) in [4.78, 5) is 0. The van der Waals surface area contributed by atoms with E-state index < -0.39 is 18.8 Å². The van der Waals surface area contributed by atoms with Crippen molar-refractivity contribution in [3.8, 4) is 11.5 Å². The van der Waals surface area contributed by atoms with Crippen LogP contribution < -0.4 is 15.2 Å². The normalized spacial score (nSPS) is 13.3. The molecule has 0 aliphatic heterocycles. The van der Waals surface area contributed by atoms with E-state index in [4.69, 9.17) is 20.3 Å². The number of rotatable bonds is 4. The lowest BCUT2D eigenvalue weighted by atomic mass is 10.00. The third-order valence-corrected chi connectivity index (χ3v) is 2.50. The van der Waals surface area contributed by atoms with Crippen molar-refractivity contribution in [1.82, 2.24) is 0 Å². The Morgan fingerprint density at radius 2 is 1.72 bits per heavy atom. The minimum absolute atomic E-state index is 0.0532. The first-order valence-corrected chi connectivity index (χ1v) is 5.03. The van der Waals surface area contributed by atoms with Crippen LogP contribution in [0, 0.1) is 0 Å². The average molecular weight is 265 g/mol. The lowest BCUT2D eigenvalue weighted by Crippen LogP contribution is -2.29. The Hall–Kier alpha value is -1.47. The zero-order valence-corrected chi connectivity index (χ0v) is 9.91. The summed E-state index contributed by atoms with van der Waals surface area (Å²) in [5, 5.41) is 9.10. The summed E-state index contributed by atoms with van der Waals surface area (Å²) in [6, 6.07) is 0.224. The summed E-state index contributed by atoms with van der Waals surface area (Å²) in [5.41, 5.74) is 4.95. The molecule has 1 atom stereocenters. The zero-order chi connectivity index (χ0) is 13.9. The smallest absolute Gasteiger partial charge is 0.407 e. The molecule has 0 spiro atoms. The van der Waals surface area contributed by atoms with Crippen molar-refractivity contribution >= 4 is 0 Å². The van der Waals surface area contributed by atoms with Crippen LogP contribution in [0.15, 0.2) is 12.1 Å². The van der Waals surface area contributed by atoms with Gasteiger partial charge in [-0.2, -0.15) is 13.2 Å². The van der Waals surface area contributed by atoms with Crippen LogP contribution in [0.2, 0.25) is 0 Å². The molecule has 4 nitrogen and oxygen atoms in total. The van der Waals surface area contributed by atoms with E-state index in [1.54, 1.807) is 0 Å². The maximum absolute atomic E-state index is 12.6. The Kier molecular flexibility index (Phi) is 4.42. The second-order valence-electron chi connectivity index (χ2n) is 3.58. The average Bonchev–Trinajstić information content (AvgIpc) is 2.34. The third kappa shape index (κ3) is 2.85. The van der Waals surface area contributed by atoms with E-state index >= 15 is 0 Å². The molecule has 0 fully saturated rings. The number of benzene rings is 1. The van der Waals surface area contributed by atoms with Crippen LogP contribution >= 0.6 is 0 Å². The minimum atomic E-state index is -4.59.